The first kappa shape index (κ1) is 14.4. The van der Waals surface area contributed by atoms with Gasteiger partial charge in [-0.1, -0.05) is 19.8 Å². The molecule has 0 spiro atoms. The van der Waals surface area contributed by atoms with Gasteiger partial charge < -0.3 is 18.3 Å². The van der Waals surface area contributed by atoms with Gasteiger partial charge in [-0.15, -0.1) is 0 Å². The van der Waals surface area contributed by atoms with E-state index < -0.39 is 8.80 Å². The van der Waals surface area contributed by atoms with Gasteiger partial charge in [-0.3, -0.25) is 0 Å². The lowest BCUT2D eigenvalue weighted by atomic mass is 10.1. The molecule has 0 bridgehead atoms. The lowest BCUT2D eigenvalue weighted by molar-refractivity contribution is 0.110. The molecular formula is C12H23NO3Si. The number of aromatic nitrogens is 1. The number of H-pyrrole nitrogens is 1. The van der Waals surface area contributed by atoms with E-state index in [1.54, 1.807) is 21.3 Å². The minimum absolute atomic E-state index is 0.178. The largest absolute Gasteiger partial charge is 0.509 e. The van der Waals surface area contributed by atoms with Crippen molar-refractivity contribution in [2.45, 2.75) is 31.7 Å². The summed E-state index contributed by atoms with van der Waals surface area (Å²) in [7, 11) is 2.38. The molecule has 4 nitrogen and oxygen atoms in total. The lowest BCUT2D eigenvalue weighted by Gasteiger charge is -2.32. The highest BCUT2D eigenvalue weighted by Crippen LogP contribution is 2.32. The maximum absolute atomic E-state index is 5.59. The van der Waals surface area contributed by atoms with Gasteiger partial charge in [0.2, 0.25) is 0 Å². The number of nitrogens with one attached hydrogen (secondary N) is 1. The van der Waals surface area contributed by atoms with Crippen molar-refractivity contribution in [1.29, 1.82) is 0 Å². The molecule has 0 fully saturated rings. The van der Waals surface area contributed by atoms with Gasteiger partial charge in [0.1, 0.15) is 0 Å². The van der Waals surface area contributed by atoms with Crippen molar-refractivity contribution >= 4 is 8.80 Å². The van der Waals surface area contributed by atoms with E-state index in [2.05, 4.69) is 18.0 Å². The van der Waals surface area contributed by atoms with Crippen molar-refractivity contribution in [3.63, 3.8) is 0 Å². The zero-order chi connectivity index (χ0) is 12.7. The predicted octanol–water partition coefficient (Wildman–Crippen LogP) is 2.71. The molecule has 0 aliphatic heterocycles. The maximum Gasteiger partial charge on any atom is 0.509 e. The van der Waals surface area contributed by atoms with Crippen LogP contribution in [0.5, 0.6) is 0 Å². The molecule has 0 aliphatic carbocycles. The van der Waals surface area contributed by atoms with Crippen LogP contribution in [-0.2, 0) is 13.3 Å². The molecule has 1 unspecified atom stereocenters. The van der Waals surface area contributed by atoms with E-state index in [0.717, 1.165) is 25.0 Å². The number of unbranched alkanes of at least 4 members (excludes halogenated alkanes) is 1. The summed E-state index contributed by atoms with van der Waals surface area (Å²) >= 11 is 0. The second-order valence-electron chi connectivity index (χ2n) is 4.04. The third-order valence-corrected chi connectivity index (χ3v) is 6.28. The summed E-state index contributed by atoms with van der Waals surface area (Å²) in [4.78, 5) is 3.25. The van der Waals surface area contributed by atoms with Crippen LogP contribution in [0.15, 0.2) is 18.3 Å². The highest BCUT2D eigenvalue weighted by molar-refractivity contribution is 6.62. The third kappa shape index (κ3) is 3.19. The average Bonchev–Trinajstić information content (AvgIpc) is 2.89. The van der Waals surface area contributed by atoms with E-state index in [0.29, 0.717) is 0 Å². The zero-order valence-corrected chi connectivity index (χ0v) is 12.2. The molecule has 0 aromatic carbocycles. The molecule has 0 aliphatic rings. The highest BCUT2D eigenvalue weighted by Gasteiger charge is 2.48. The molecule has 1 rings (SSSR count). The topological polar surface area (TPSA) is 43.5 Å². The second-order valence-corrected chi connectivity index (χ2v) is 7.16. The molecule has 1 aromatic heterocycles. The van der Waals surface area contributed by atoms with Crippen molar-refractivity contribution in [2.75, 3.05) is 21.3 Å². The molecule has 1 N–H and O–H groups in total. The van der Waals surface area contributed by atoms with Gasteiger partial charge in [-0.25, -0.2) is 0 Å². The minimum atomic E-state index is -2.62. The summed E-state index contributed by atoms with van der Waals surface area (Å²) in [6, 6.07) is 4.06. The highest BCUT2D eigenvalue weighted by atomic mass is 28.4. The first-order valence-corrected chi connectivity index (χ1v) is 7.83. The van der Waals surface area contributed by atoms with E-state index in [1.807, 2.05) is 12.3 Å². The predicted molar refractivity (Wildman–Crippen MR) is 69.8 cm³/mol. The monoisotopic (exact) mass is 257 g/mol. The molecule has 1 heterocycles. The summed E-state index contributed by atoms with van der Waals surface area (Å²) in [5.41, 5.74) is 1.31. The first-order valence-electron chi connectivity index (χ1n) is 6.02. The minimum Gasteiger partial charge on any atom is -0.376 e. The van der Waals surface area contributed by atoms with E-state index >= 15 is 0 Å². The molecule has 0 saturated carbocycles. The summed E-state index contributed by atoms with van der Waals surface area (Å²) < 4.78 is 16.8. The van der Waals surface area contributed by atoms with E-state index in [4.69, 9.17) is 13.3 Å². The molecule has 0 saturated heterocycles. The van der Waals surface area contributed by atoms with Gasteiger partial charge in [-0.05, 0) is 18.6 Å². The van der Waals surface area contributed by atoms with Crippen molar-refractivity contribution < 1.29 is 13.3 Å². The van der Waals surface area contributed by atoms with Crippen LogP contribution in [-0.4, -0.2) is 35.1 Å². The second kappa shape index (κ2) is 6.96. The standard InChI is InChI=1S/C12H23NO3Si/c1-5-6-9-12(11-8-7-10-13-11)17(14-2,15-3)16-4/h7-8,10,12-13H,5-6,9H2,1-4H3. The Morgan fingerprint density at radius 1 is 1.24 bits per heavy atom. The Balaban J connectivity index is 2.95. The number of aromatic amines is 1. The van der Waals surface area contributed by atoms with Crippen molar-refractivity contribution in [2.24, 2.45) is 0 Å². The lowest BCUT2D eigenvalue weighted by Crippen LogP contribution is -2.49. The Hall–Kier alpha value is -0.623. The van der Waals surface area contributed by atoms with Gasteiger partial charge >= 0.3 is 8.80 Å². The van der Waals surface area contributed by atoms with Crippen LogP contribution in [0.25, 0.3) is 0 Å². The summed E-state index contributed by atoms with van der Waals surface area (Å²) in [5, 5.41) is 0. The van der Waals surface area contributed by atoms with Gasteiger partial charge in [0.05, 0.1) is 5.54 Å². The fourth-order valence-corrected chi connectivity index (χ4v) is 4.64. The Bertz CT molecular complexity index is 290. The number of rotatable bonds is 8. The summed E-state index contributed by atoms with van der Waals surface area (Å²) in [5.74, 6) is 0. The van der Waals surface area contributed by atoms with Gasteiger partial charge in [0, 0.05) is 33.2 Å². The summed E-state index contributed by atoms with van der Waals surface area (Å²) in [6.45, 7) is 2.18. The van der Waals surface area contributed by atoms with Crippen LogP contribution in [0.2, 0.25) is 0 Å². The van der Waals surface area contributed by atoms with Crippen LogP contribution in [0.4, 0.5) is 0 Å². The van der Waals surface area contributed by atoms with Crippen molar-refractivity contribution in [3.05, 3.63) is 24.0 Å². The molecule has 0 amide bonds. The fourth-order valence-electron chi connectivity index (χ4n) is 2.17. The Morgan fingerprint density at radius 2 is 1.88 bits per heavy atom. The number of hydrogen-bond donors (Lipinski definition) is 1. The van der Waals surface area contributed by atoms with E-state index in [-0.39, 0.29) is 5.54 Å². The Morgan fingerprint density at radius 3 is 2.29 bits per heavy atom. The quantitative estimate of drug-likeness (QED) is 0.728. The van der Waals surface area contributed by atoms with Crippen LogP contribution >= 0.6 is 0 Å². The molecule has 0 radical (unpaired) electrons. The number of hydrogen-bond acceptors (Lipinski definition) is 3. The molecule has 5 heteroatoms. The normalized spacial score (nSPS) is 13.9. The van der Waals surface area contributed by atoms with Crippen LogP contribution in [0.1, 0.15) is 37.4 Å². The molecule has 98 valence electrons. The van der Waals surface area contributed by atoms with Crippen LogP contribution in [0, 0.1) is 0 Å². The van der Waals surface area contributed by atoms with Crippen LogP contribution in [0.3, 0.4) is 0 Å². The zero-order valence-electron chi connectivity index (χ0n) is 11.2. The third-order valence-electron chi connectivity index (χ3n) is 3.12. The van der Waals surface area contributed by atoms with Gasteiger partial charge in [-0.2, -0.15) is 0 Å². The fraction of sp³-hybridized carbons (Fsp3) is 0.667. The summed E-state index contributed by atoms with van der Waals surface area (Å²) in [6.07, 6.45) is 5.22. The Kier molecular flexibility index (Phi) is 5.91. The Labute approximate surface area is 105 Å². The molecule has 1 aromatic rings. The van der Waals surface area contributed by atoms with E-state index in [9.17, 15) is 0 Å². The molecule has 17 heavy (non-hydrogen) atoms. The average molecular weight is 257 g/mol. The molecule has 1 atom stereocenters. The first-order chi connectivity index (χ1) is 8.24. The smallest absolute Gasteiger partial charge is 0.376 e. The van der Waals surface area contributed by atoms with Crippen molar-refractivity contribution in [1.82, 2.24) is 4.98 Å². The SMILES string of the molecule is CCCCC(c1ccc[nH]1)[Si](OC)(OC)OC. The van der Waals surface area contributed by atoms with Crippen LogP contribution < -0.4 is 0 Å². The maximum atomic E-state index is 5.59. The van der Waals surface area contributed by atoms with Gasteiger partial charge in [0.15, 0.2) is 0 Å². The van der Waals surface area contributed by atoms with Crippen molar-refractivity contribution in [3.8, 4) is 0 Å². The molecular weight excluding hydrogens is 234 g/mol. The van der Waals surface area contributed by atoms with Gasteiger partial charge in [0.25, 0.3) is 0 Å². The van der Waals surface area contributed by atoms with E-state index in [1.165, 1.54) is 0 Å².